The highest BCUT2D eigenvalue weighted by atomic mass is 15.4. The molecule has 57 heavy (non-hydrogen) atoms. The number of aryl methyl sites for hydroxylation is 2. The highest BCUT2D eigenvalue weighted by Crippen LogP contribution is 2.52. The van der Waals surface area contributed by atoms with Crippen LogP contribution in [0, 0.1) is 13.8 Å². The zero-order valence-corrected chi connectivity index (χ0v) is 35.9. The number of hydrogen-bond acceptors (Lipinski definition) is 3. The van der Waals surface area contributed by atoms with E-state index in [1.807, 2.05) is 0 Å². The Hall–Kier alpha value is -5.16. The van der Waals surface area contributed by atoms with Crippen molar-refractivity contribution < 1.29 is 0 Å². The Morgan fingerprint density at radius 3 is 1.93 bits per heavy atom. The van der Waals surface area contributed by atoms with Crippen LogP contribution in [0.2, 0.25) is 0 Å². The lowest BCUT2D eigenvalue weighted by atomic mass is 9.44. The van der Waals surface area contributed by atoms with Gasteiger partial charge in [-0.2, -0.15) is 0 Å². The van der Waals surface area contributed by atoms with Crippen molar-refractivity contribution in [3.63, 3.8) is 0 Å². The van der Waals surface area contributed by atoms with Crippen LogP contribution in [0.25, 0.3) is 44.1 Å². The van der Waals surface area contributed by atoms with Crippen LogP contribution in [0.1, 0.15) is 115 Å². The van der Waals surface area contributed by atoms with Crippen molar-refractivity contribution in [1.29, 1.82) is 0 Å². The summed E-state index contributed by atoms with van der Waals surface area (Å²) in [4.78, 5) is 2.65. The van der Waals surface area contributed by atoms with E-state index in [4.69, 9.17) is 10.3 Å². The molecule has 0 N–H and O–H groups in total. The maximum atomic E-state index is 5.08. The fraction of sp³-hybridized carbons (Fsp3) is 0.346. The van der Waals surface area contributed by atoms with Gasteiger partial charge in [0.15, 0.2) is 0 Å². The first kappa shape index (κ1) is 36.2. The standard InChI is InChI=1S/C52H55BN4/c1-30-23-36(50(6,7)8)24-31(2)47(30)56-43-29-40-39(51(9,10)21-22-52(40,11)12)28-41(43)53-46-38(25-34(27-44(46)56)32-17-19-35(20-18-32)49(3,4)5)45-37-16-14-13-15-33(37)26-42-48(45)57(53)55-54-42/h13-20,23-29H,21-22H2,1-12H3. The monoisotopic (exact) mass is 746 g/mol. The smallest absolute Gasteiger partial charge is 0.311 e. The van der Waals surface area contributed by atoms with Gasteiger partial charge in [-0.15, -0.1) is 5.10 Å². The number of hydrogen-bond donors (Lipinski definition) is 0. The molecule has 1 aromatic heterocycles. The van der Waals surface area contributed by atoms with Gasteiger partial charge in [0.05, 0.1) is 11.2 Å². The minimum absolute atomic E-state index is 0.0369. The third-order valence-electron chi connectivity index (χ3n) is 13.9. The number of aromatic nitrogens is 3. The van der Waals surface area contributed by atoms with Crippen LogP contribution in [0.5, 0.6) is 0 Å². The molecule has 0 spiro atoms. The molecule has 3 aliphatic rings. The molecule has 3 heterocycles. The molecule has 6 aromatic carbocycles. The fourth-order valence-corrected chi connectivity index (χ4v) is 10.4. The molecule has 286 valence electrons. The summed E-state index contributed by atoms with van der Waals surface area (Å²) in [6.07, 6.45) is 2.32. The SMILES string of the molecule is Cc1cc(C(C)(C)C)cc(C)c1N1c2cc3c(cc2B2c4c(cc(-c5ccc(C(C)(C)C)cc5)cc41)-c1c4ccccc4cc4nnn2c14)C(C)(C)CCC3(C)C. The van der Waals surface area contributed by atoms with Gasteiger partial charge in [-0.25, -0.2) is 0 Å². The van der Waals surface area contributed by atoms with Crippen LogP contribution in [0.4, 0.5) is 17.1 Å². The van der Waals surface area contributed by atoms with Gasteiger partial charge in [0.2, 0.25) is 0 Å². The lowest BCUT2D eigenvalue weighted by molar-refractivity contribution is 0.332. The average molecular weight is 747 g/mol. The van der Waals surface area contributed by atoms with E-state index in [-0.39, 0.29) is 28.5 Å². The van der Waals surface area contributed by atoms with Crippen molar-refractivity contribution in [2.75, 3.05) is 4.90 Å². The van der Waals surface area contributed by atoms with Crippen molar-refractivity contribution in [2.24, 2.45) is 0 Å². The Bertz CT molecular complexity index is 2820. The van der Waals surface area contributed by atoms with Crippen molar-refractivity contribution in [3.8, 4) is 22.3 Å². The molecule has 0 saturated carbocycles. The molecule has 2 aliphatic heterocycles. The maximum absolute atomic E-state index is 5.08. The average Bonchev–Trinajstić information content (AvgIpc) is 3.57. The third-order valence-corrected chi connectivity index (χ3v) is 13.9. The van der Waals surface area contributed by atoms with Gasteiger partial charge in [-0.05, 0) is 144 Å². The first-order valence-corrected chi connectivity index (χ1v) is 21.0. The van der Waals surface area contributed by atoms with Gasteiger partial charge in [-0.1, -0.05) is 141 Å². The normalized spacial score (nSPS) is 16.5. The summed E-state index contributed by atoms with van der Waals surface area (Å²) in [5.41, 5.74) is 21.8. The molecule has 4 nitrogen and oxygen atoms in total. The maximum Gasteiger partial charge on any atom is 0.356 e. The zero-order chi connectivity index (χ0) is 40.1. The van der Waals surface area contributed by atoms with Crippen LogP contribution < -0.4 is 15.8 Å². The van der Waals surface area contributed by atoms with E-state index in [0.717, 1.165) is 23.9 Å². The quantitative estimate of drug-likeness (QED) is 0.165. The molecule has 0 amide bonds. The molecule has 0 radical (unpaired) electrons. The summed E-state index contributed by atoms with van der Waals surface area (Å²) >= 11 is 0. The van der Waals surface area contributed by atoms with Gasteiger partial charge in [0, 0.05) is 16.9 Å². The molecule has 0 atom stereocenters. The molecular weight excluding hydrogens is 691 g/mol. The second-order valence-corrected chi connectivity index (χ2v) is 20.8. The Labute approximate surface area is 339 Å². The number of fused-ring (bicyclic) bond motifs is 7. The van der Waals surface area contributed by atoms with Crippen LogP contribution in [0.15, 0.2) is 91.0 Å². The number of nitrogens with zero attached hydrogens (tertiary/aromatic N) is 4. The summed E-state index contributed by atoms with van der Waals surface area (Å²) in [6, 6.07) is 35.4. The Morgan fingerprint density at radius 2 is 1.28 bits per heavy atom. The van der Waals surface area contributed by atoms with Crippen LogP contribution in [-0.4, -0.2) is 21.8 Å². The Morgan fingerprint density at radius 1 is 0.649 bits per heavy atom. The number of benzene rings is 6. The van der Waals surface area contributed by atoms with Crippen molar-refractivity contribution in [2.45, 2.75) is 118 Å². The van der Waals surface area contributed by atoms with Crippen LogP contribution in [0.3, 0.4) is 0 Å². The number of anilines is 3. The first-order chi connectivity index (χ1) is 26.8. The van der Waals surface area contributed by atoms with Crippen molar-refractivity contribution in [3.05, 3.63) is 124 Å². The van der Waals surface area contributed by atoms with E-state index in [9.17, 15) is 0 Å². The second-order valence-electron chi connectivity index (χ2n) is 20.8. The highest BCUT2D eigenvalue weighted by Gasteiger charge is 2.47. The summed E-state index contributed by atoms with van der Waals surface area (Å²) in [5.74, 6) is 0. The van der Waals surface area contributed by atoms with Crippen molar-refractivity contribution >= 4 is 56.6 Å². The summed E-state index contributed by atoms with van der Waals surface area (Å²) in [7, 11) is 0. The summed E-state index contributed by atoms with van der Waals surface area (Å²) < 4.78 is 2.27. The van der Waals surface area contributed by atoms with E-state index in [1.165, 1.54) is 94.4 Å². The van der Waals surface area contributed by atoms with Crippen LogP contribution in [-0.2, 0) is 21.7 Å². The minimum Gasteiger partial charge on any atom is -0.311 e. The molecule has 5 heteroatoms. The second kappa shape index (κ2) is 11.7. The van der Waals surface area contributed by atoms with Crippen molar-refractivity contribution in [1.82, 2.24) is 14.9 Å². The van der Waals surface area contributed by atoms with Gasteiger partial charge in [0.1, 0.15) is 5.52 Å². The lowest BCUT2D eigenvalue weighted by Gasteiger charge is -2.46. The fourth-order valence-electron chi connectivity index (χ4n) is 10.4. The van der Waals surface area contributed by atoms with Gasteiger partial charge in [0.25, 0.3) is 0 Å². The minimum atomic E-state index is -0.127. The van der Waals surface area contributed by atoms with Crippen LogP contribution >= 0.6 is 0 Å². The van der Waals surface area contributed by atoms with E-state index < -0.39 is 0 Å². The topological polar surface area (TPSA) is 34.0 Å². The van der Waals surface area contributed by atoms with Gasteiger partial charge < -0.3 is 4.90 Å². The summed E-state index contributed by atoms with van der Waals surface area (Å²) in [5, 5.41) is 12.4. The molecule has 0 fully saturated rings. The largest absolute Gasteiger partial charge is 0.356 e. The van der Waals surface area contributed by atoms with Gasteiger partial charge in [-0.3, -0.25) is 4.59 Å². The molecule has 7 aromatic rings. The molecule has 1 aliphatic carbocycles. The molecule has 0 saturated heterocycles. The third kappa shape index (κ3) is 5.26. The molecule has 0 bridgehead atoms. The summed E-state index contributed by atoms with van der Waals surface area (Å²) in [6.45, 7) is 28.1. The Balaban J connectivity index is 1.38. The molecule has 0 unspecified atom stereocenters. The van der Waals surface area contributed by atoms with E-state index in [0.29, 0.717) is 0 Å². The first-order valence-electron chi connectivity index (χ1n) is 21.0. The van der Waals surface area contributed by atoms with E-state index in [2.05, 4.69) is 184 Å². The number of rotatable bonds is 2. The highest BCUT2D eigenvalue weighted by molar-refractivity contribution is 6.89. The lowest BCUT2D eigenvalue weighted by Crippen LogP contribution is -2.58. The van der Waals surface area contributed by atoms with Gasteiger partial charge >= 0.3 is 6.85 Å². The predicted octanol–water partition coefficient (Wildman–Crippen LogP) is 12.2. The zero-order valence-electron chi connectivity index (χ0n) is 35.9. The van der Waals surface area contributed by atoms with E-state index in [1.54, 1.807) is 0 Å². The molecule has 10 rings (SSSR count). The molecular formula is C52H55BN4. The Kier molecular flexibility index (Phi) is 7.44. The predicted molar refractivity (Wildman–Crippen MR) is 243 cm³/mol. The van der Waals surface area contributed by atoms with E-state index >= 15 is 0 Å².